The number of aromatic nitrogens is 1. The molecule has 0 aliphatic rings. The Labute approximate surface area is 104 Å². The second-order valence-corrected chi connectivity index (χ2v) is 3.89. The summed E-state index contributed by atoms with van der Waals surface area (Å²) in [5.74, 6) is 0.971. The highest BCUT2D eigenvalue weighted by Gasteiger charge is 2.05. The van der Waals surface area contributed by atoms with Gasteiger partial charge >= 0.3 is 0 Å². The maximum atomic E-state index is 13.4. The molecule has 1 N–H and O–H groups in total. The van der Waals surface area contributed by atoms with Crippen molar-refractivity contribution in [1.82, 2.24) is 10.3 Å². The van der Waals surface area contributed by atoms with Crippen molar-refractivity contribution in [3.05, 3.63) is 53.0 Å². The zero-order valence-corrected chi connectivity index (χ0v) is 9.90. The summed E-state index contributed by atoms with van der Waals surface area (Å²) in [7, 11) is 0. The molecule has 4 nitrogen and oxygen atoms in total. The molecule has 1 aromatic heterocycles. The molecule has 0 aliphatic carbocycles. The lowest BCUT2D eigenvalue weighted by Gasteiger charge is -2.04. The van der Waals surface area contributed by atoms with Crippen molar-refractivity contribution in [3.63, 3.8) is 0 Å². The molecule has 0 aliphatic heterocycles. The van der Waals surface area contributed by atoms with Crippen LogP contribution in [0.2, 0.25) is 0 Å². The Kier molecular flexibility index (Phi) is 3.70. The molecule has 0 atom stereocenters. The highest BCUT2D eigenvalue weighted by atomic mass is 19.1. The van der Waals surface area contributed by atoms with Gasteiger partial charge in [-0.05, 0) is 25.1 Å². The van der Waals surface area contributed by atoms with Crippen molar-refractivity contribution < 1.29 is 8.81 Å². The van der Waals surface area contributed by atoms with Gasteiger partial charge in [-0.1, -0.05) is 0 Å². The third-order valence-corrected chi connectivity index (χ3v) is 2.44. The van der Waals surface area contributed by atoms with Gasteiger partial charge in [-0.3, -0.25) is 0 Å². The third-order valence-electron chi connectivity index (χ3n) is 2.44. The largest absolute Gasteiger partial charge is 0.445 e. The molecule has 0 radical (unpaired) electrons. The Morgan fingerprint density at radius 2 is 2.28 bits per heavy atom. The first-order valence-electron chi connectivity index (χ1n) is 5.49. The molecule has 0 saturated carbocycles. The van der Waals surface area contributed by atoms with Gasteiger partial charge in [0.2, 0.25) is 5.89 Å². The molecule has 0 saturated heterocycles. The van der Waals surface area contributed by atoms with E-state index in [1.54, 1.807) is 6.20 Å². The quantitative estimate of drug-likeness (QED) is 0.897. The molecule has 0 fully saturated rings. The average Bonchev–Trinajstić information content (AvgIpc) is 2.77. The molecule has 0 spiro atoms. The molecule has 1 aromatic carbocycles. The lowest BCUT2D eigenvalue weighted by atomic mass is 10.1. The van der Waals surface area contributed by atoms with Gasteiger partial charge < -0.3 is 9.73 Å². The molecule has 1 heterocycles. The molecule has 5 heteroatoms. The van der Waals surface area contributed by atoms with E-state index in [1.807, 2.05) is 13.0 Å². The first-order chi connectivity index (χ1) is 8.69. The Hall–Kier alpha value is -2.19. The van der Waals surface area contributed by atoms with Crippen molar-refractivity contribution in [2.45, 2.75) is 20.0 Å². The van der Waals surface area contributed by atoms with Gasteiger partial charge in [0.25, 0.3) is 0 Å². The number of nitrogens with one attached hydrogen (secondary N) is 1. The van der Waals surface area contributed by atoms with E-state index in [0.29, 0.717) is 30.1 Å². The highest BCUT2D eigenvalue weighted by molar-refractivity contribution is 5.33. The second-order valence-electron chi connectivity index (χ2n) is 3.89. The topological polar surface area (TPSA) is 61.9 Å². The Morgan fingerprint density at radius 1 is 1.44 bits per heavy atom. The maximum absolute atomic E-state index is 13.4. The average molecular weight is 245 g/mol. The van der Waals surface area contributed by atoms with Crippen molar-refractivity contribution in [2.75, 3.05) is 0 Å². The van der Waals surface area contributed by atoms with Crippen LogP contribution < -0.4 is 5.32 Å². The first kappa shape index (κ1) is 12.3. The van der Waals surface area contributed by atoms with E-state index in [-0.39, 0.29) is 5.82 Å². The number of hydrogen-bond acceptors (Lipinski definition) is 4. The van der Waals surface area contributed by atoms with Gasteiger partial charge in [-0.25, -0.2) is 9.37 Å². The van der Waals surface area contributed by atoms with Crippen molar-refractivity contribution in [2.24, 2.45) is 0 Å². The van der Waals surface area contributed by atoms with Crippen LogP contribution in [0.1, 0.15) is 22.8 Å². The molecule has 0 unspecified atom stereocenters. The SMILES string of the molecule is Cc1cnc(CNCc2cc(C#N)ccc2F)o1. The number of benzene rings is 1. The Balaban J connectivity index is 1.96. The predicted molar refractivity (Wildman–Crippen MR) is 62.9 cm³/mol. The molecule has 18 heavy (non-hydrogen) atoms. The van der Waals surface area contributed by atoms with Crippen LogP contribution in [0, 0.1) is 24.1 Å². The molecule has 0 amide bonds. The number of halogens is 1. The second kappa shape index (κ2) is 5.43. The third kappa shape index (κ3) is 2.93. The van der Waals surface area contributed by atoms with Crippen LogP contribution in [0.4, 0.5) is 4.39 Å². The summed E-state index contributed by atoms with van der Waals surface area (Å²) < 4.78 is 18.7. The van der Waals surface area contributed by atoms with E-state index >= 15 is 0 Å². The fourth-order valence-corrected chi connectivity index (χ4v) is 1.57. The lowest BCUT2D eigenvalue weighted by molar-refractivity contribution is 0.447. The van der Waals surface area contributed by atoms with Gasteiger partial charge in [0.15, 0.2) is 0 Å². The summed E-state index contributed by atoms with van der Waals surface area (Å²) in [6.07, 6.45) is 1.63. The molecule has 2 rings (SSSR count). The summed E-state index contributed by atoms with van der Waals surface area (Å²) in [6, 6.07) is 6.26. The van der Waals surface area contributed by atoms with E-state index < -0.39 is 0 Å². The smallest absolute Gasteiger partial charge is 0.208 e. The van der Waals surface area contributed by atoms with Crippen molar-refractivity contribution in [1.29, 1.82) is 5.26 Å². The van der Waals surface area contributed by atoms with E-state index in [1.165, 1.54) is 18.2 Å². The van der Waals surface area contributed by atoms with Crippen LogP contribution in [-0.2, 0) is 13.1 Å². The minimum atomic E-state index is -0.329. The number of hydrogen-bond donors (Lipinski definition) is 1. The van der Waals surface area contributed by atoms with Crippen LogP contribution in [0.3, 0.4) is 0 Å². The standard InChI is InChI=1S/C13H12FN3O/c1-9-6-17-13(18-9)8-16-7-11-4-10(5-15)2-3-12(11)14/h2-4,6,16H,7-8H2,1H3. The highest BCUT2D eigenvalue weighted by Crippen LogP contribution is 2.10. The Bertz CT molecular complexity index is 586. The van der Waals surface area contributed by atoms with E-state index in [9.17, 15) is 4.39 Å². The molecule has 92 valence electrons. The van der Waals surface area contributed by atoms with Crippen molar-refractivity contribution >= 4 is 0 Å². The fraction of sp³-hybridized carbons (Fsp3) is 0.231. The number of rotatable bonds is 4. The van der Waals surface area contributed by atoms with Gasteiger partial charge in [-0.2, -0.15) is 5.26 Å². The summed E-state index contributed by atoms with van der Waals surface area (Å²) in [5.41, 5.74) is 0.900. The maximum Gasteiger partial charge on any atom is 0.208 e. The van der Waals surface area contributed by atoms with Crippen LogP contribution in [0.25, 0.3) is 0 Å². The zero-order chi connectivity index (χ0) is 13.0. The monoisotopic (exact) mass is 245 g/mol. The van der Waals surface area contributed by atoms with Crippen molar-refractivity contribution in [3.8, 4) is 6.07 Å². The fourth-order valence-electron chi connectivity index (χ4n) is 1.57. The number of nitrogens with zero attached hydrogens (tertiary/aromatic N) is 2. The summed E-state index contributed by atoms with van der Waals surface area (Å²) in [5, 5.41) is 11.8. The number of aryl methyl sites for hydroxylation is 1. The normalized spacial score (nSPS) is 10.3. The number of nitriles is 1. The molecular formula is C13H12FN3O. The van der Waals surface area contributed by atoms with E-state index in [4.69, 9.17) is 9.68 Å². The van der Waals surface area contributed by atoms with Gasteiger partial charge in [0.05, 0.1) is 24.4 Å². The van der Waals surface area contributed by atoms with Crippen LogP contribution >= 0.6 is 0 Å². The Morgan fingerprint density at radius 3 is 2.94 bits per heavy atom. The summed E-state index contributed by atoms with van der Waals surface area (Å²) >= 11 is 0. The minimum absolute atomic E-state index is 0.322. The summed E-state index contributed by atoms with van der Waals surface area (Å²) in [4.78, 5) is 4.03. The van der Waals surface area contributed by atoms with Gasteiger partial charge in [0.1, 0.15) is 11.6 Å². The van der Waals surface area contributed by atoms with Crippen LogP contribution in [0.5, 0.6) is 0 Å². The van der Waals surface area contributed by atoms with Gasteiger partial charge in [0, 0.05) is 12.1 Å². The zero-order valence-electron chi connectivity index (χ0n) is 9.90. The lowest BCUT2D eigenvalue weighted by Crippen LogP contribution is -2.14. The predicted octanol–water partition coefficient (Wildman–Crippen LogP) is 2.28. The van der Waals surface area contributed by atoms with Crippen LogP contribution in [-0.4, -0.2) is 4.98 Å². The minimum Gasteiger partial charge on any atom is -0.445 e. The molecular weight excluding hydrogens is 233 g/mol. The molecule has 2 aromatic rings. The van der Waals surface area contributed by atoms with E-state index in [0.717, 1.165) is 5.76 Å². The number of oxazole rings is 1. The summed E-state index contributed by atoms with van der Waals surface area (Å²) in [6.45, 7) is 2.55. The van der Waals surface area contributed by atoms with E-state index in [2.05, 4.69) is 10.3 Å². The first-order valence-corrected chi connectivity index (χ1v) is 5.49. The van der Waals surface area contributed by atoms with Gasteiger partial charge in [-0.15, -0.1) is 0 Å². The molecule has 0 bridgehead atoms. The van der Waals surface area contributed by atoms with Crippen LogP contribution in [0.15, 0.2) is 28.8 Å².